The summed E-state index contributed by atoms with van der Waals surface area (Å²) in [5.74, 6) is 0. The Hall–Kier alpha value is -1.60. The summed E-state index contributed by atoms with van der Waals surface area (Å²) in [4.78, 5) is 0. The second kappa shape index (κ2) is 4.58. The standard InChI is InChI=1S/C17H18Si/c1-2-18(15-9-3-4-10-15,16-11-5-6-12-16)17-13-7-8-14-17/h2-17H,1H2. The Morgan fingerprint density at radius 3 is 1.11 bits per heavy atom. The van der Waals surface area contributed by atoms with Gasteiger partial charge in [-0.1, -0.05) is 78.6 Å². The highest BCUT2D eigenvalue weighted by atomic mass is 28.3. The van der Waals surface area contributed by atoms with Crippen molar-refractivity contribution in [3.05, 3.63) is 85.2 Å². The van der Waals surface area contributed by atoms with Gasteiger partial charge >= 0.3 is 0 Å². The van der Waals surface area contributed by atoms with Gasteiger partial charge in [0.15, 0.2) is 0 Å². The summed E-state index contributed by atoms with van der Waals surface area (Å²) in [5.41, 5.74) is 3.98. The average molecular weight is 250 g/mol. The fraction of sp³-hybridized carbons (Fsp3) is 0.176. The molecule has 3 aliphatic rings. The second-order valence-corrected chi connectivity index (χ2v) is 9.50. The molecular weight excluding hydrogens is 232 g/mol. The van der Waals surface area contributed by atoms with E-state index in [2.05, 4.69) is 85.2 Å². The maximum atomic E-state index is 4.23. The molecule has 0 amide bonds. The van der Waals surface area contributed by atoms with Gasteiger partial charge in [-0.25, -0.2) is 0 Å². The summed E-state index contributed by atoms with van der Waals surface area (Å²) in [6.07, 6.45) is 27.2. The minimum Gasteiger partial charge on any atom is -0.107 e. The van der Waals surface area contributed by atoms with E-state index in [4.69, 9.17) is 0 Å². The SMILES string of the molecule is C=C[Si](C1C=CC=C1)(C1C=CC=C1)C1C=CC=C1. The zero-order valence-corrected chi connectivity index (χ0v) is 11.4. The fourth-order valence-corrected chi connectivity index (χ4v) is 8.19. The van der Waals surface area contributed by atoms with Crippen LogP contribution in [0.4, 0.5) is 0 Å². The van der Waals surface area contributed by atoms with Gasteiger partial charge in [0.1, 0.15) is 8.07 Å². The molecule has 18 heavy (non-hydrogen) atoms. The summed E-state index contributed by atoms with van der Waals surface area (Å²) >= 11 is 0. The van der Waals surface area contributed by atoms with E-state index in [0.29, 0.717) is 16.6 Å². The Balaban J connectivity index is 2.07. The molecule has 0 bridgehead atoms. The summed E-state index contributed by atoms with van der Waals surface area (Å²) < 4.78 is 0. The van der Waals surface area contributed by atoms with Gasteiger partial charge in [-0.3, -0.25) is 0 Å². The maximum absolute atomic E-state index is 4.23. The lowest BCUT2D eigenvalue weighted by molar-refractivity contribution is 1.10. The molecule has 0 unspecified atom stereocenters. The Morgan fingerprint density at radius 1 is 0.611 bits per heavy atom. The number of hydrogen-bond acceptors (Lipinski definition) is 0. The van der Waals surface area contributed by atoms with Gasteiger partial charge in [0.25, 0.3) is 0 Å². The quantitative estimate of drug-likeness (QED) is 0.637. The number of rotatable bonds is 4. The third-order valence-electron chi connectivity index (χ3n) is 4.33. The molecule has 0 aliphatic heterocycles. The molecular formula is C17H18Si. The van der Waals surface area contributed by atoms with Crippen molar-refractivity contribution in [2.45, 2.75) is 16.6 Å². The molecule has 0 fully saturated rings. The average Bonchev–Trinajstić information content (AvgIpc) is 3.16. The van der Waals surface area contributed by atoms with Gasteiger partial charge in [0, 0.05) is 0 Å². The lowest BCUT2D eigenvalue weighted by atomic mass is 10.4. The van der Waals surface area contributed by atoms with Gasteiger partial charge in [0.2, 0.25) is 0 Å². The zero-order chi connectivity index (χ0) is 12.4. The largest absolute Gasteiger partial charge is 0.109 e. The first-order valence-electron chi connectivity index (χ1n) is 6.56. The van der Waals surface area contributed by atoms with Gasteiger partial charge in [0.05, 0.1) is 0 Å². The van der Waals surface area contributed by atoms with Gasteiger partial charge in [-0.15, -0.1) is 6.58 Å². The van der Waals surface area contributed by atoms with Crippen LogP contribution in [0.1, 0.15) is 0 Å². The van der Waals surface area contributed by atoms with Crippen molar-refractivity contribution in [3.8, 4) is 0 Å². The third-order valence-corrected chi connectivity index (χ3v) is 9.66. The molecule has 0 aromatic rings. The predicted molar refractivity (Wildman–Crippen MR) is 82.0 cm³/mol. The van der Waals surface area contributed by atoms with Crippen molar-refractivity contribution in [2.75, 3.05) is 0 Å². The molecule has 3 rings (SSSR count). The third kappa shape index (κ3) is 1.58. The lowest BCUT2D eigenvalue weighted by Gasteiger charge is -2.40. The van der Waals surface area contributed by atoms with E-state index in [-0.39, 0.29) is 0 Å². The maximum Gasteiger partial charge on any atom is 0.109 e. The summed E-state index contributed by atoms with van der Waals surface area (Å²) in [5, 5.41) is 0. The Bertz CT molecular complexity index is 408. The highest BCUT2D eigenvalue weighted by molar-refractivity contribution is 6.90. The van der Waals surface area contributed by atoms with Crippen LogP contribution >= 0.6 is 0 Å². The summed E-state index contributed by atoms with van der Waals surface area (Å²) in [6, 6.07) is 0. The van der Waals surface area contributed by atoms with Crippen molar-refractivity contribution in [1.82, 2.24) is 0 Å². The van der Waals surface area contributed by atoms with E-state index < -0.39 is 8.07 Å². The minimum atomic E-state index is -1.73. The van der Waals surface area contributed by atoms with Gasteiger partial charge in [-0.2, -0.15) is 0 Å². The molecule has 0 saturated heterocycles. The predicted octanol–water partition coefficient (Wildman–Crippen LogP) is 4.65. The topological polar surface area (TPSA) is 0 Å². The molecule has 0 spiro atoms. The zero-order valence-electron chi connectivity index (χ0n) is 10.4. The van der Waals surface area contributed by atoms with Crippen LogP contribution in [0.25, 0.3) is 0 Å². The molecule has 0 aromatic carbocycles. The first-order valence-corrected chi connectivity index (χ1v) is 8.87. The smallest absolute Gasteiger partial charge is 0.107 e. The molecule has 1 heteroatoms. The van der Waals surface area contributed by atoms with Crippen LogP contribution < -0.4 is 0 Å². The molecule has 0 atom stereocenters. The molecule has 90 valence electrons. The highest BCUT2D eigenvalue weighted by Gasteiger charge is 2.47. The van der Waals surface area contributed by atoms with E-state index in [1.807, 2.05) is 0 Å². The van der Waals surface area contributed by atoms with Crippen molar-refractivity contribution < 1.29 is 0 Å². The van der Waals surface area contributed by atoms with Crippen LogP contribution in [-0.4, -0.2) is 8.07 Å². The molecule has 0 aromatic heterocycles. The minimum absolute atomic E-state index is 0.560. The highest BCUT2D eigenvalue weighted by Crippen LogP contribution is 2.50. The van der Waals surface area contributed by atoms with E-state index in [1.165, 1.54) is 0 Å². The fourth-order valence-electron chi connectivity index (χ4n) is 3.37. The molecule has 0 nitrogen and oxygen atoms in total. The van der Waals surface area contributed by atoms with Crippen LogP contribution in [0.3, 0.4) is 0 Å². The van der Waals surface area contributed by atoms with Crippen LogP contribution in [0.15, 0.2) is 85.2 Å². The Labute approximate surface area is 110 Å². The van der Waals surface area contributed by atoms with Crippen LogP contribution in [0, 0.1) is 0 Å². The molecule has 0 N–H and O–H groups in total. The molecule has 0 saturated carbocycles. The van der Waals surface area contributed by atoms with Crippen molar-refractivity contribution in [1.29, 1.82) is 0 Å². The molecule has 3 aliphatic carbocycles. The van der Waals surface area contributed by atoms with E-state index in [1.54, 1.807) is 0 Å². The van der Waals surface area contributed by atoms with Crippen LogP contribution in [0.2, 0.25) is 16.6 Å². The van der Waals surface area contributed by atoms with Crippen molar-refractivity contribution >= 4 is 8.07 Å². The Morgan fingerprint density at radius 2 is 0.889 bits per heavy atom. The van der Waals surface area contributed by atoms with Crippen LogP contribution in [0.5, 0.6) is 0 Å². The van der Waals surface area contributed by atoms with E-state index in [9.17, 15) is 0 Å². The second-order valence-electron chi connectivity index (χ2n) is 5.09. The first-order chi connectivity index (χ1) is 8.88. The van der Waals surface area contributed by atoms with Gasteiger partial charge in [-0.05, 0) is 16.6 Å². The lowest BCUT2D eigenvalue weighted by Crippen LogP contribution is -2.43. The van der Waals surface area contributed by atoms with Crippen LogP contribution in [-0.2, 0) is 0 Å². The van der Waals surface area contributed by atoms with Crippen molar-refractivity contribution in [3.63, 3.8) is 0 Å². The molecule has 0 radical (unpaired) electrons. The van der Waals surface area contributed by atoms with Gasteiger partial charge < -0.3 is 0 Å². The Kier molecular flexibility index (Phi) is 2.92. The summed E-state index contributed by atoms with van der Waals surface area (Å²) in [7, 11) is -1.73. The van der Waals surface area contributed by atoms with E-state index in [0.717, 1.165) is 0 Å². The summed E-state index contributed by atoms with van der Waals surface area (Å²) in [6.45, 7) is 4.23. The normalized spacial score (nSPS) is 22.9. The van der Waals surface area contributed by atoms with E-state index >= 15 is 0 Å². The van der Waals surface area contributed by atoms with Crippen molar-refractivity contribution in [2.24, 2.45) is 0 Å². The number of allylic oxidation sites excluding steroid dienone is 12. The first kappa shape index (κ1) is 11.5. The number of hydrogen-bond donors (Lipinski definition) is 0. The molecule has 0 heterocycles. The monoisotopic (exact) mass is 250 g/mol.